The fraction of sp³-hybridized carbons (Fsp3) is 0.571. The summed E-state index contributed by atoms with van der Waals surface area (Å²) in [5.74, 6) is 1.57. The molecule has 74 valence electrons. The lowest BCUT2D eigenvalue weighted by Gasteiger charge is -2.01. The van der Waals surface area contributed by atoms with Gasteiger partial charge in [0.15, 0.2) is 0 Å². The predicted molar refractivity (Wildman–Crippen MR) is 38.7 cm³/mol. The molecular weight excluding hydrogens is 187 g/mol. The molecule has 0 aliphatic carbocycles. The lowest BCUT2D eigenvalue weighted by atomic mass is 10.2. The first-order valence-electron chi connectivity index (χ1n) is 3.38. The molecule has 0 aliphatic heterocycles. The normalized spacial score (nSPS) is 12.9. The zero-order chi connectivity index (χ0) is 10.5. The molecular formula is C7H8F3NO2. The smallest absolute Gasteiger partial charge is 0.457 e. The predicted octanol–water partition coefficient (Wildman–Crippen LogP) is 0.744. The first kappa shape index (κ1) is 11.8. The molecule has 0 heterocycles. The number of alkyl halides is 3. The van der Waals surface area contributed by atoms with Crippen LogP contribution in [0.2, 0.25) is 0 Å². The van der Waals surface area contributed by atoms with Crippen LogP contribution >= 0.6 is 0 Å². The average molecular weight is 195 g/mol. The van der Waals surface area contributed by atoms with Gasteiger partial charge in [0.05, 0.1) is 0 Å². The Morgan fingerprint density at radius 1 is 1.54 bits per heavy atom. The van der Waals surface area contributed by atoms with Gasteiger partial charge in [-0.05, 0) is 6.42 Å². The molecule has 0 saturated carbocycles. The third-order valence-electron chi connectivity index (χ3n) is 1.13. The number of aliphatic carboxylic acids is 1. The zero-order valence-corrected chi connectivity index (χ0v) is 6.56. The lowest BCUT2D eigenvalue weighted by Crippen LogP contribution is -2.29. The molecule has 0 spiro atoms. The van der Waals surface area contributed by atoms with Crippen molar-refractivity contribution in [1.82, 2.24) is 0 Å². The van der Waals surface area contributed by atoms with Crippen LogP contribution in [0.25, 0.3) is 0 Å². The summed E-state index contributed by atoms with van der Waals surface area (Å²) in [6.07, 6.45) is -4.78. The number of carbonyl (C=O) groups is 1. The Morgan fingerprint density at radius 2 is 2.08 bits per heavy atom. The molecule has 0 aliphatic rings. The third kappa shape index (κ3) is 7.15. The highest BCUT2D eigenvalue weighted by atomic mass is 19.4. The highest BCUT2D eigenvalue weighted by Crippen LogP contribution is 2.12. The van der Waals surface area contributed by atoms with Gasteiger partial charge in [0.2, 0.25) is 0 Å². The van der Waals surface area contributed by atoms with Crippen molar-refractivity contribution in [2.75, 3.05) is 0 Å². The Kier molecular flexibility index (Phi) is 4.28. The second kappa shape index (κ2) is 4.72. The molecule has 0 aromatic rings. The summed E-state index contributed by atoms with van der Waals surface area (Å²) in [4.78, 5) is 10.1. The number of nitrogens with two attached hydrogens (primary N) is 1. The Labute approximate surface area is 72.7 Å². The Morgan fingerprint density at radius 3 is 2.46 bits per heavy atom. The van der Waals surface area contributed by atoms with E-state index in [9.17, 15) is 18.0 Å². The van der Waals surface area contributed by atoms with Gasteiger partial charge in [-0.3, -0.25) is 4.79 Å². The van der Waals surface area contributed by atoms with Crippen LogP contribution in [-0.2, 0) is 4.79 Å². The van der Waals surface area contributed by atoms with Gasteiger partial charge in [-0.15, -0.1) is 0 Å². The van der Waals surface area contributed by atoms with Crippen LogP contribution in [0.4, 0.5) is 13.2 Å². The van der Waals surface area contributed by atoms with Crippen molar-refractivity contribution in [3.63, 3.8) is 0 Å². The maximum absolute atomic E-state index is 11.4. The summed E-state index contributed by atoms with van der Waals surface area (Å²) in [5, 5.41) is 8.25. The summed E-state index contributed by atoms with van der Waals surface area (Å²) < 4.78 is 34.3. The number of hydrogen-bond donors (Lipinski definition) is 2. The SMILES string of the molecule is N[C@H](CCC#CC(F)(F)F)C(=O)O. The topological polar surface area (TPSA) is 63.3 Å². The van der Waals surface area contributed by atoms with Gasteiger partial charge in [0.25, 0.3) is 0 Å². The van der Waals surface area contributed by atoms with E-state index in [-0.39, 0.29) is 12.8 Å². The van der Waals surface area contributed by atoms with E-state index in [0.717, 1.165) is 5.92 Å². The maximum atomic E-state index is 11.4. The molecule has 0 rings (SSSR count). The average Bonchev–Trinajstić information content (AvgIpc) is 1.95. The maximum Gasteiger partial charge on any atom is 0.457 e. The molecule has 0 aromatic heterocycles. The quantitative estimate of drug-likeness (QED) is 0.653. The summed E-state index contributed by atoms with van der Waals surface area (Å²) >= 11 is 0. The van der Waals surface area contributed by atoms with Gasteiger partial charge in [-0.25, -0.2) is 0 Å². The van der Waals surface area contributed by atoms with Crippen LogP contribution in [0.5, 0.6) is 0 Å². The van der Waals surface area contributed by atoms with E-state index >= 15 is 0 Å². The number of carboxylic acid groups (broad SMARTS) is 1. The number of hydrogen-bond acceptors (Lipinski definition) is 2. The van der Waals surface area contributed by atoms with Crippen LogP contribution in [-0.4, -0.2) is 23.3 Å². The Hall–Kier alpha value is -1.22. The largest absolute Gasteiger partial charge is 0.480 e. The number of carboxylic acids is 1. The highest BCUT2D eigenvalue weighted by Gasteiger charge is 2.22. The molecule has 0 saturated heterocycles. The zero-order valence-electron chi connectivity index (χ0n) is 6.56. The Balaban J connectivity index is 3.78. The van der Waals surface area contributed by atoms with E-state index in [1.807, 2.05) is 0 Å². The molecule has 6 heteroatoms. The molecule has 3 nitrogen and oxygen atoms in total. The standard InChI is InChI=1S/C7H8F3NO2/c8-7(9,10)4-2-1-3-5(11)6(12)13/h5H,1,3,11H2,(H,12,13)/t5-/m1/s1. The van der Waals surface area contributed by atoms with Crippen molar-refractivity contribution < 1.29 is 23.1 Å². The molecule has 3 N–H and O–H groups in total. The minimum atomic E-state index is -4.52. The van der Waals surface area contributed by atoms with E-state index in [1.165, 1.54) is 0 Å². The number of halogens is 3. The van der Waals surface area contributed by atoms with Gasteiger partial charge >= 0.3 is 12.1 Å². The van der Waals surface area contributed by atoms with Crippen molar-refractivity contribution in [2.24, 2.45) is 5.73 Å². The number of rotatable bonds is 3. The van der Waals surface area contributed by atoms with Gasteiger partial charge in [-0.2, -0.15) is 13.2 Å². The summed E-state index contributed by atoms with van der Waals surface area (Å²) in [7, 11) is 0. The van der Waals surface area contributed by atoms with E-state index in [4.69, 9.17) is 10.8 Å². The molecule has 0 radical (unpaired) electrons. The van der Waals surface area contributed by atoms with Crippen LogP contribution in [0.1, 0.15) is 12.8 Å². The van der Waals surface area contributed by atoms with Crippen LogP contribution in [0.15, 0.2) is 0 Å². The van der Waals surface area contributed by atoms with Crippen molar-refractivity contribution in [3.05, 3.63) is 0 Å². The lowest BCUT2D eigenvalue weighted by molar-refractivity contribution is -0.138. The molecule has 0 bridgehead atoms. The minimum absolute atomic E-state index is 0.0849. The van der Waals surface area contributed by atoms with Crippen LogP contribution in [0, 0.1) is 11.8 Å². The van der Waals surface area contributed by atoms with Gasteiger partial charge < -0.3 is 10.8 Å². The van der Waals surface area contributed by atoms with E-state index in [2.05, 4.69) is 0 Å². The highest BCUT2D eigenvalue weighted by molar-refractivity contribution is 5.72. The molecule has 0 aromatic carbocycles. The fourth-order valence-electron chi connectivity index (χ4n) is 0.514. The molecule has 0 fully saturated rings. The first-order chi connectivity index (χ1) is 5.83. The van der Waals surface area contributed by atoms with E-state index in [1.54, 1.807) is 5.92 Å². The fourth-order valence-corrected chi connectivity index (χ4v) is 0.514. The van der Waals surface area contributed by atoms with Gasteiger partial charge in [0.1, 0.15) is 6.04 Å². The molecule has 13 heavy (non-hydrogen) atoms. The molecule has 0 amide bonds. The second-order valence-corrected chi connectivity index (χ2v) is 2.28. The van der Waals surface area contributed by atoms with Crippen molar-refractivity contribution >= 4 is 5.97 Å². The van der Waals surface area contributed by atoms with Crippen LogP contribution < -0.4 is 5.73 Å². The molecule has 0 unspecified atom stereocenters. The first-order valence-corrected chi connectivity index (χ1v) is 3.38. The van der Waals surface area contributed by atoms with Gasteiger partial charge in [-0.1, -0.05) is 5.92 Å². The second-order valence-electron chi connectivity index (χ2n) is 2.28. The van der Waals surface area contributed by atoms with E-state index in [0.29, 0.717) is 0 Å². The monoisotopic (exact) mass is 195 g/mol. The van der Waals surface area contributed by atoms with Gasteiger partial charge in [0, 0.05) is 12.3 Å². The Bertz CT molecular complexity index is 238. The van der Waals surface area contributed by atoms with Crippen molar-refractivity contribution in [3.8, 4) is 11.8 Å². The van der Waals surface area contributed by atoms with E-state index < -0.39 is 18.2 Å². The third-order valence-corrected chi connectivity index (χ3v) is 1.13. The minimum Gasteiger partial charge on any atom is -0.480 e. The van der Waals surface area contributed by atoms with Crippen molar-refractivity contribution in [2.45, 2.75) is 25.1 Å². The summed E-state index contributed by atoms with van der Waals surface area (Å²) in [5.41, 5.74) is 5.02. The summed E-state index contributed by atoms with van der Waals surface area (Å²) in [6, 6.07) is -1.15. The molecule has 1 atom stereocenters. The summed E-state index contributed by atoms with van der Waals surface area (Å²) in [6.45, 7) is 0. The van der Waals surface area contributed by atoms with Crippen molar-refractivity contribution in [1.29, 1.82) is 0 Å². The van der Waals surface area contributed by atoms with Crippen LogP contribution in [0.3, 0.4) is 0 Å².